The zero-order chi connectivity index (χ0) is 7.40. The largest absolute Gasteiger partial charge is 0.300 e. The second-order valence-corrected chi connectivity index (χ2v) is 2.95. The third kappa shape index (κ3) is 1.98. The Morgan fingerprint density at radius 3 is 3.00 bits per heavy atom. The minimum absolute atomic E-state index is 0.318. The van der Waals surface area contributed by atoms with Crippen molar-refractivity contribution in [3.05, 3.63) is 12.2 Å². The van der Waals surface area contributed by atoms with Gasteiger partial charge in [-0.2, -0.15) is 0 Å². The van der Waals surface area contributed by atoms with Gasteiger partial charge in [-0.1, -0.05) is 12.2 Å². The molecule has 1 unspecified atom stereocenters. The fourth-order valence-electron chi connectivity index (χ4n) is 1.35. The van der Waals surface area contributed by atoms with E-state index in [0.29, 0.717) is 11.7 Å². The molecule has 0 amide bonds. The predicted molar refractivity (Wildman–Crippen MR) is 41.8 cm³/mol. The molecule has 0 aliphatic heterocycles. The minimum atomic E-state index is 0.318. The van der Waals surface area contributed by atoms with E-state index in [1.54, 1.807) is 6.92 Å². The molecule has 0 radical (unpaired) electrons. The Hall–Kier alpha value is -0.590. The van der Waals surface area contributed by atoms with E-state index >= 15 is 0 Å². The highest BCUT2D eigenvalue weighted by Crippen LogP contribution is 2.18. The normalized spacial score (nSPS) is 25.9. The van der Waals surface area contributed by atoms with Gasteiger partial charge >= 0.3 is 0 Å². The van der Waals surface area contributed by atoms with E-state index in [0.717, 1.165) is 19.3 Å². The summed E-state index contributed by atoms with van der Waals surface area (Å²) in [5, 5.41) is 0. The molecule has 1 nitrogen and oxygen atoms in total. The molecular formula is C9H14O. The molecule has 1 aliphatic carbocycles. The molecule has 0 spiro atoms. The number of rotatable bonds is 1. The van der Waals surface area contributed by atoms with Crippen LogP contribution >= 0.6 is 0 Å². The average molecular weight is 138 g/mol. The number of hydrogen-bond donors (Lipinski definition) is 0. The van der Waals surface area contributed by atoms with E-state index in [9.17, 15) is 4.79 Å². The Morgan fingerprint density at radius 1 is 1.50 bits per heavy atom. The molecule has 0 N–H and O–H groups in total. The summed E-state index contributed by atoms with van der Waals surface area (Å²) < 4.78 is 0. The number of carbonyl (C=O) groups excluding carboxylic acids is 1. The van der Waals surface area contributed by atoms with Gasteiger partial charge in [0.2, 0.25) is 0 Å². The quantitative estimate of drug-likeness (QED) is 0.508. The summed E-state index contributed by atoms with van der Waals surface area (Å²) in [6, 6.07) is 0. The van der Waals surface area contributed by atoms with Crippen LogP contribution < -0.4 is 0 Å². The fraction of sp³-hybridized carbons (Fsp3) is 0.667. The van der Waals surface area contributed by atoms with E-state index in [4.69, 9.17) is 0 Å². The van der Waals surface area contributed by atoms with Crippen LogP contribution in [-0.4, -0.2) is 5.78 Å². The summed E-state index contributed by atoms with van der Waals surface area (Å²) >= 11 is 0. The van der Waals surface area contributed by atoms with Crippen molar-refractivity contribution in [3.63, 3.8) is 0 Å². The molecule has 1 aliphatic rings. The van der Waals surface area contributed by atoms with Crippen LogP contribution in [0.5, 0.6) is 0 Å². The molecule has 0 aromatic heterocycles. The van der Waals surface area contributed by atoms with Crippen molar-refractivity contribution in [2.24, 2.45) is 5.92 Å². The highest BCUT2D eigenvalue weighted by molar-refractivity contribution is 5.78. The van der Waals surface area contributed by atoms with E-state index in [-0.39, 0.29) is 0 Å². The molecule has 10 heavy (non-hydrogen) atoms. The van der Waals surface area contributed by atoms with Crippen LogP contribution in [0.25, 0.3) is 0 Å². The van der Waals surface area contributed by atoms with Crippen molar-refractivity contribution in [2.75, 3.05) is 0 Å². The second kappa shape index (κ2) is 3.55. The molecule has 56 valence electrons. The Morgan fingerprint density at radius 2 is 2.30 bits per heavy atom. The van der Waals surface area contributed by atoms with Gasteiger partial charge < -0.3 is 0 Å². The second-order valence-electron chi connectivity index (χ2n) is 2.95. The highest BCUT2D eigenvalue weighted by atomic mass is 16.1. The summed E-state index contributed by atoms with van der Waals surface area (Å²) in [6.07, 6.45) is 8.71. The van der Waals surface area contributed by atoms with Gasteiger partial charge in [0.1, 0.15) is 5.78 Å². The molecular weight excluding hydrogens is 124 g/mol. The number of Topliss-reactive ketones (excluding diaryl/α,β-unsaturated/α-hetero) is 1. The SMILES string of the molecule is CC(=O)C1CC=CCCC1. The molecule has 0 bridgehead atoms. The van der Waals surface area contributed by atoms with E-state index in [1.807, 2.05) is 0 Å². The van der Waals surface area contributed by atoms with Gasteiger partial charge in [-0.15, -0.1) is 0 Å². The van der Waals surface area contributed by atoms with Crippen molar-refractivity contribution in [1.82, 2.24) is 0 Å². The van der Waals surface area contributed by atoms with Crippen LogP contribution in [0.4, 0.5) is 0 Å². The Balaban J connectivity index is 2.45. The molecule has 0 saturated heterocycles. The molecule has 1 heteroatoms. The average Bonchev–Trinajstić information content (AvgIpc) is 2.12. The van der Waals surface area contributed by atoms with Crippen molar-refractivity contribution < 1.29 is 4.79 Å². The topological polar surface area (TPSA) is 17.1 Å². The molecule has 0 aromatic rings. The van der Waals surface area contributed by atoms with Crippen LogP contribution in [0.1, 0.15) is 32.6 Å². The van der Waals surface area contributed by atoms with Crippen molar-refractivity contribution in [3.8, 4) is 0 Å². The number of ketones is 1. The summed E-state index contributed by atoms with van der Waals surface area (Å²) in [4.78, 5) is 10.9. The summed E-state index contributed by atoms with van der Waals surface area (Å²) in [7, 11) is 0. The third-order valence-electron chi connectivity index (χ3n) is 2.09. The maximum Gasteiger partial charge on any atom is 0.133 e. The van der Waals surface area contributed by atoms with Gasteiger partial charge in [-0.25, -0.2) is 0 Å². The molecule has 0 saturated carbocycles. The van der Waals surface area contributed by atoms with Crippen molar-refractivity contribution >= 4 is 5.78 Å². The smallest absolute Gasteiger partial charge is 0.133 e. The maximum absolute atomic E-state index is 10.9. The van der Waals surface area contributed by atoms with Gasteiger partial charge in [-0.05, 0) is 32.6 Å². The van der Waals surface area contributed by atoms with Gasteiger partial charge in [0, 0.05) is 5.92 Å². The Bertz CT molecular complexity index is 147. The first-order valence-corrected chi connectivity index (χ1v) is 3.96. The monoisotopic (exact) mass is 138 g/mol. The van der Waals surface area contributed by atoms with Gasteiger partial charge in [0.15, 0.2) is 0 Å². The van der Waals surface area contributed by atoms with Crippen LogP contribution in [-0.2, 0) is 4.79 Å². The van der Waals surface area contributed by atoms with Crippen molar-refractivity contribution in [2.45, 2.75) is 32.6 Å². The van der Waals surface area contributed by atoms with Crippen LogP contribution in [0.2, 0.25) is 0 Å². The molecule has 1 rings (SSSR count). The Kier molecular flexibility index (Phi) is 2.67. The zero-order valence-corrected chi connectivity index (χ0v) is 6.47. The van der Waals surface area contributed by atoms with Crippen LogP contribution in [0, 0.1) is 5.92 Å². The molecule has 0 fully saturated rings. The summed E-state index contributed by atoms with van der Waals surface area (Å²) in [5.41, 5.74) is 0. The first kappa shape index (κ1) is 7.52. The molecule has 0 aromatic carbocycles. The number of hydrogen-bond acceptors (Lipinski definition) is 1. The minimum Gasteiger partial charge on any atom is -0.300 e. The lowest BCUT2D eigenvalue weighted by Crippen LogP contribution is -2.08. The van der Waals surface area contributed by atoms with Gasteiger partial charge in [0.05, 0.1) is 0 Å². The fourth-order valence-corrected chi connectivity index (χ4v) is 1.35. The first-order chi connectivity index (χ1) is 4.80. The highest BCUT2D eigenvalue weighted by Gasteiger charge is 2.12. The van der Waals surface area contributed by atoms with Gasteiger partial charge in [0.25, 0.3) is 0 Å². The lowest BCUT2D eigenvalue weighted by molar-refractivity contribution is -0.120. The lowest BCUT2D eigenvalue weighted by Gasteiger charge is -2.06. The Labute approximate surface area is 62.1 Å². The molecule has 1 atom stereocenters. The number of carbonyl (C=O) groups is 1. The maximum atomic E-state index is 10.9. The first-order valence-electron chi connectivity index (χ1n) is 3.96. The van der Waals surface area contributed by atoms with E-state index in [1.165, 1.54) is 6.42 Å². The third-order valence-corrected chi connectivity index (χ3v) is 2.09. The standard InChI is InChI=1S/C9H14O/c1-8(10)9-6-4-2-3-5-7-9/h2,4,9H,3,5-7H2,1H3. The number of allylic oxidation sites excluding steroid dienone is 2. The summed E-state index contributed by atoms with van der Waals surface area (Å²) in [6.45, 7) is 1.70. The van der Waals surface area contributed by atoms with Crippen LogP contribution in [0.3, 0.4) is 0 Å². The molecule has 0 heterocycles. The van der Waals surface area contributed by atoms with Gasteiger partial charge in [-0.3, -0.25) is 4.79 Å². The van der Waals surface area contributed by atoms with E-state index < -0.39 is 0 Å². The van der Waals surface area contributed by atoms with Crippen molar-refractivity contribution in [1.29, 1.82) is 0 Å². The van der Waals surface area contributed by atoms with Crippen LogP contribution in [0.15, 0.2) is 12.2 Å². The lowest BCUT2D eigenvalue weighted by atomic mass is 9.97. The zero-order valence-electron chi connectivity index (χ0n) is 6.47. The summed E-state index contributed by atoms with van der Waals surface area (Å²) in [5.74, 6) is 0.672. The van der Waals surface area contributed by atoms with E-state index in [2.05, 4.69) is 12.2 Å². The predicted octanol–water partition coefficient (Wildman–Crippen LogP) is 2.32.